The van der Waals surface area contributed by atoms with Crippen LogP contribution in [-0.4, -0.2) is 14.5 Å². The molecule has 0 unspecified atom stereocenters. The number of anilines is 1. The molecule has 20 heavy (non-hydrogen) atoms. The fraction of sp³-hybridized carbons (Fsp3) is 0.0667. The minimum atomic E-state index is 0.469. The van der Waals surface area contributed by atoms with E-state index in [2.05, 4.69) is 39.6 Å². The van der Waals surface area contributed by atoms with Crippen molar-refractivity contribution in [1.82, 2.24) is 14.5 Å². The molecule has 4 nitrogen and oxygen atoms in total. The van der Waals surface area contributed by atoms with E-state index in [-0.39, 0.29) is 0 Å². The molecule has 0 aliphatic rings. The number of benzene rings is 1. The maximum Gasteiger partial charge on any atom is 0.207 e. The van der Waals surface area contributed by atoms with Gasteiger partial charge in [0.1, 0.15) is 5.52 Å². The Balaban J connectivity index is 2.06. The van der Waals surface area contributed by atoms with Crippen LogP contribution in [0.2, 0.25) is 0 Å². The predicted molar refractivity (Wildman–Crippen MR) is 83.4 cm³/mol. The highest BCUT2D eigenvalue weighted by atomic mass is 32.1. The first-order valence-electron chi connectivity index (χ1n) is 6.31. The fourth-order valence-electron chi connectivity index (χ4n) is 2.46. The number of thiophene rings is 1. The van der Waals surface area contributed by atoms with Gasteiger partial charge in [-0.3, -0.25) is 4.57 Å². The second kappa shape index (κ2) is 4.05. The van der Waals surface area contributed by atoms with Crippen LogP contribution in [0.25, 0.3) is 26.9 Å². The topological polar surface area (TPSA) is 56.7 Å². The van der Waals surface area contributed by atoms with Crippen LogP contribution in [0.1, 0.15) is 5.56 Å². The molecular weight excluding hydrogens is 268 g/mol. The molecule has 0 saturated carbocycles. The van der Waals surface area contributed by atoms with Crippen molar-refractivity contribution in [3.63, 3.8) is 0 Å². The number of aryl methyl sites for hydroxylation is 1. The van der Waals surface area contributed by atoms with Crippen LogP contribution < -0.4 is 5.73 Å². The summed E-state index contributed by atoms with van der Waals surface area (Å²) in [5, 5.41) is 3.30. The van der Waals surface area contributed by atoms with Gasteiger partial charge in [0.25, 0.3) is 0 Å². The van der Waals surface area contributed by atoms with E-state index in [0.717, 1.165) is 22.4 Å². The van der Waals surface area contributed by atoms with E-state index >= 15 is 0 Å². The van der Waals surface area contributed by atoms with Crippen molar-refractivity contribution in [2.24, 2.45) is 0 Å². The monoisotopic (exact) mass is 280 g/mol. The lowest BCUT2D eigenvalue weighted by Crippen LogP contribution is -2.01. The highest BCUT2D eigenvalue weighted by Gasteiger charge is 2.13. The number of hydrogen-bond acceptors (Lipinski definition) is 4. The summed E-state index contributed by atoms with van der Waals surface area (Å²) in [6.45, 7) is 2.02. The number of nitrogen functional groups attached to an aromatic ring is 1. The first-order chi connectivity index (χ1) is 9.74. The molecule has 0 fully saturated rings. The SMILES string of the molecule is Cc1ccnc2c1nc(N)n2-c1ccc2sccc2c1. The summed E-state index contributed by atoms with van der Waals surface area (Å²) in [5.74, 6) is 0.469. The molecule has 0 spiro atoms. The number of pyridine rings is 1. The molecule has 0 atom stereocenters. The molecule has 2 N–H and O–H groups in total. The summed E-state index contributed by atoms with van der Waals surface area (Å²) in [7, 11) is 0. The highest BCUT2D eigenvalue weighted by Crippen LogP contribution is 2.27. The van der Waals surface area contributed by atoms with Crippen molar-refractivity contribution in [2.45, 2.75) is 6.92 Å². The van der Waals surface area contributed by atoms with Gasteiger partial charge < -0.3 is 5.73 Å². The Morgan fingerprint density at radius 2 is 2.10 bits per heavy atom. The van der Waals surface area contributed by atoms with Gasteiger partial charge >= 0.3 is 0 Å². The molecule has 1 aromatic carbocycles. The van der Waals surface area contributed by atoms with Gasteiger partial charge in [-0.25, -0.2) is 9.97 Å². The number of aromatic nitrogens is 3. The van der Waals surface area contributed by atoms with Crippen LogP contribution in [0.4, 0.5) is 5.95 Å². The van der Waals surface area contributed by atoms with Gasteiger partial charge in [0.05, 0.1) is 5.69 Å². The van der Waals surface area contributed by atoms with Gasteiger partial charge in [0.2, 0.25) is 5.95 Å². The van der Waals surface area contributed by atoms with Crippen LogP contribution >= 0.6 is 11.3 Å². The smallest absolute Gasteiger partial charge is 0.207 e. The quantitative estimate of drug-likeness (QED) is 0.580. The highest BCUT2D eigenvalue weighted by molar-refractivity contribution is 7.17. The summed E-state index contributed by atoms with van der Waals surface area (Å²) in [6, 6.07) is 10.3. The Morgan fingerprint density at radius 3 is 3.00 bits per heavy atom. The van der Waals surface area contributed by atoms with Crippen molar-refractivity contribution in [3.05, 3.63) is 47.5 Å². The van der Waals surface area contributed by atoms with E-state index in [0.29, 0.717) is 5.95 Å². The second-order valence-corrected chi connectivity index (χ2v) is 5.70. The Kier molecular flexibility index (Phi) is 2.31. The van der Waals surface area contributed by atoms with Gasteiger partial charge in [0, 0.05) is 10.9 Å². The predicted octanol–water partition coefficient (Wildman–Crippen LogP) is 3.53. The summed E-state index contributed by atoms with van der Waals surface area (Å²) in [5.41, 5.74) is 9.82. The molecule has 0 amide bonds. The lowest BCUT2D eigenvalue weighted by atomic mass is 10.2. The molecule has 98 valence electrons. The Bertz CT molecular complexity index is 936. The van der Waals surface area contributed by atoms with E-state index in [9.17, 15) is 0 Å². The molecule has 5 heteroatoms. The number of hydrogen-bond donors (Lipinski definition) is 1. The second-order valence-electron chi connectivity index (χ2n) is 4.75. The Hall–Kier alpha value is -2.40. The standard InChI is InChI=1S/C15H12N4S/c1-9-4-6-17-14-13(9)18-15(16)19(14)11-2-3-12-10(8-11)5-7-20-12/h2-8H,1H3,(H2,16,18). The third kappa shape index (κ3) is 1.53. The first-order valence-corrected chi connectivity index (χ1v) is 7.19. The molecule has 4 rings (SSSR count). The van der Waals surface area contributed by atoms with Crippen LogP contribution in [0, 0.1) is 6.92 Å². The van der Waals surface area contributed by atoms with Crippen molar-refractivity contribution in [2.75, 3.05) is 5.73 Å². The number of imidazole rings is 1. The summed E-state index contributed by atoms with van der Waals surface area (Å²) in [6.07, 6.45) is 1.79. The van der Waals surface area contributed by atoms with E-state index in [1.807, 2.05) is 17.6 Å². The lowest BCUT2D eigenvalue weighted by Gasteiger charge is -2.06. The summed E-state index contributed by atoms with van der Waals surface area (Å²) in [4.78, 5) is 8.87. The summed E-state index contributed by atoms with van der Waals surface area (Å²) >= 11 is 1.73. The minimum Gasteiger partial charge on any atom is -0.369 e. The molecule has 0 radical (unpaired) electrons. The van der Waals surface area contributed by atoms with E-state index in [1.165, 1.54) is 10.1 Å². The van der Waals surface area contributed by atoms with E-state index in [4.69, 9.17) is 5.73 Å². The molecule has 0 bridgehead atoms. The average Bonchev–Trinajstić information content (AvgIpc) is 3.02. The van der Waals surface area contributed by atoms with Crippen LogP contribution in [0.5, 0.6) is 0 Å². The van der Waals surface area contributed by atoms with Crippen molar-refractivity contribution >= 4 is 38.5 Å². The van der Waals surface area contributed by atoms with E-state index < -0.39 is 0 Å². The zero-order valence-corrected chi connectivity index (χ0v) is 11.7. The maximum absolute atomic E-state index is 6.09. The largest absolute Gasteiger partial charge is 0.369 e. The molecule has 0 aliphatic heterocycles. The average molecular weight is 280 g/mol. The van der Waals surface area contributed by atoms with Gasteiger partial charge in [-0.1, -0.05) is 0 Å². The third-order valence-corrected chi connectivity index (χ3v) is 4.37. The zero-order valence-electron chi connectivity index (χ0n) is 10.9. The molecule has 0 aliphatic carbocycles. The van der Waals surface area contributed by atoms with Gasteiger partial charge in [0.15, 0.2) is 5.65 Å². The van der Waals surface area contributed by atoms with Crippen LogP contribution in [0.3, 0.4) is 0 Å². The molecule has 3 aromatic heterocycles. The maximum atomic E-state index is 6.09. The number of nitrogens with zero attached hydrogens (tertiary/aromatic N) is 3. The zero-order chi connectivity index (χ0) is 13.7. The van der Waals surface area contributed by atoms with Crippen LogP contribution in [0.15, 0.2) is 41.9 Å². The normalized spacial score (nSPS) is 11.4. The van der Waals surface area contributed by atoms with Crippen molar-refractivity contribution in [3.8, 4) is 5.69 Å². The van der Waals surface area contributed by atoms with Gasteiger partial charge in [-0.05, 0) is 53.6 Å². The first kappa shape index (κ1) is 11.4. The third-order valence-electron chi connectivity index (χ3n) is 3.47. The molecule has 3 heterocycles. The Morgan fingerprint density at radius 1 is 1.20 bits per heavy atom. The van der Waals surface area contributed by atoms with Crippen molar-refractivity contribution in [1.29, 1.82) is 0 Å². The van der Waals surface area contributed by atoms with Crippen LogP contribution in [-0.2, 0) is 0 Å². The van der Waals surface area contributed by atoms with E-state index in [1.54, 1.807) is 17.5 Å². The number of rotatable bonds is 1. The summed E-state index contributed by atoms with van der Waals surface area (Å²) < 4.78 is 3.17. The molecule has 4 aromatic rings. The van der Waals surface area contributed by atoms with Gasteiger partial charge in [-0.15, -0.1) is 11.3 Å². The van der Waals surface area contributed by atoms with Crippen molar-refractivity contribution < 1.29 is 0 Å². The number of fused-ring (bicyclic) bond motifs is 2. The lowest BCUT2D eigenvalue weighted by molar-refractivity contribution is 1.09. The molecule has 0 saturated heterocycles. The molecular formula is C15H12N4S. The fourth-order valence-corrected chi connectivity index (χ4v) is 3.23. The number of nitrogens with two attached hydrogens (primary N) is 1. The minimum absolute atomic E-state index is 0.469. The Labute approximate surface area is 119 Å². The van der Waals surface area contributed by atoms with Gasteiger partial charge in [-0.2, -0.15) is 0 Å².